The van der Waals surface area contributed by atoms with Gasteiger partial charge in [0.15, 0.2) is 0 Å². The van der Waals surface area contributed by atoms with E-state index in [1.807, 2.05) is 6.07 Å². The predicted octanol–water partition coefficient (Wildman–Crippen LogP) is 5.50. The van der Waals surface area contributed by atoms with Crippen molar-refractivity contribution in [1.82, 2.24) is 0 Å². The number of hydrogen-bond acceptors (Lipinski definition) is 4. The lowest BCUT2D eigenvalue weighted by atomic mass is 10.2. The van der Waals surface area contributed by atoms with Gasteiger partial charge in [0, 0.05) is 11.4 Å². The van der Waals surface area contributed by atoms with Crippen molar-refractivity contribution in [3.05, 3.63) is 45.4 Å². The third kappa shape index (κ3) is 5.73. The van der Waals surface area contributed by atoms with E-state index in [1.54, 1.807) is 26.8 Å². The van der Waals surface area contributed by atoms with Crippen LogP contribution in [0.1, 0.15) is 25.6 Å². The minimum absolute atomic E-state index is 0.397. The number of thiophene rings is 1. The number of ether oxygens (including phenoxy) is 1. The first-order valence-corrected chi connectivity index (χ1v) is 8.20. The Labute approximate surface area is 143 Å². The zero-order valence-electron chi connectivity index (χ0n) is 13.1. The Balaban J connectivity index is 2.09. The lowest BCUT2D eigenvalue weighted by Gasteiger charge is -2.20. The van der Waals surface area contributed by atoms with Gasteiger partial charge in [-0.2, -0.15) is 0 Å². The summed E-state index contributed by atoms with van der Waals surface area (Å²) in [6, 6.07) is 7.78. The third-order valence-electron chi connectivity index (χ3n) is 2.70. The summed E-state index contributed by atoms with van der Waals surface area (Å²) < 4.78 is 19.4. The van der Waals surface area contributed by atoms with Crippen LogP contribution in [0.15, 0.2) is 30.3 Å². The third-order valence-corrected chi connectivity index (χ3v) is 3.93. The van der Waals surface area contributed by atoms with Gasteiger partial charge in [-0.15, -0.1) is 11.3 Å². The second-order valence-corrected chi connectivity index (χ2v) is 7.68. The Morgan fingerprint density at radius 1 is 1.26 bits per heavy atom. The zero-order valence-corrected chi connectivity index (χ0v) is 14.6. The standard InChI is InChI=1S/C16H18ClFN2O2S/c1-16(2,3)22-15(21)20-12-6-4-10(18)8-13(12)19-9-11-5-7-14(17)23-11/h4-8,19H,9H2,1-3H3,(H,20,21). The molecule has 2 aromatic rings. The van der Waals surface area contributed by atoms with E-state index in [-0.39, 0.29) is 0 Å². The van der Waals surface area contributed by atoms with Crippen LogP contribution in [-0.4, -0.2) is 11.7 Å². The van der Waals surface area contributed by atoms with E-state index in [0.717, 1.165) is 4.88 Å². The fraction of sp³-hybridized carbons (Fsp3) is 0.312. The SMILES string of the molecule is CC(C)(C)OC(=O)Nc1ccc(F)cc1NCc1ccc(Cl)s1. The van der Waals surface area contributed by atoms with Crippen LogP contribution < -0.4 is 10.6 Å². The smallest absolute Gasteiger partial charge is 0.412 e. The molecule has 1 aromatic heterocycles. The van der Waals surface area contributed by atoms with E-state index in [1.165, 1.54) is 29.5 Å². The number of carbonyl (C=O) groups excluding carboxylic acids is 1. The number of nitrogens with one attached hydrogen (secondary N) is 2. The molecule has 0 aliphatic heterocycles. The van der Waals surface area contributed by atoms with Gasteiger partial charge in [-0.05, 0) is 51.1 Å². The molecule has 4 nitrogen and oxygen atoms in total. The summed E-state index contributed by atoms with van der Waals surface area (Å²) in [5.41, 5.74) is 0.314. The van der Waals surface area contributed by atoms with Crippen molar-refractivity contribution in [3.8, 4) is 0 Å². The highest BCUT2D eigenvalue weighted by Gasteiger charge is 2.17. The molecule has 0 fully saturated rings. The molecule has 0 unspecified atom stereocenters. The van der Waals surface area contributed by atoms with Gasteiger partial charge in [0.2, 0.25) is 0 Å². The first-order valence-electron chi connectivity index (χ1n) is 7.00. The first kappa shape index (κ1) is 17.6. The van der Waals surface area contributed by atoms with Gasteiger partial charge in [-0.3, -0.25) is 5.32 Å². The molecule has 0 aliphatic rings. The fourth-order valence-corrected chi connectivity index (χ4v) is 2.84. The molecule has 0 atom stereocenters. The first-order chi connectivity index (χ1) is 10.7. The second-order valence-electron chi connectivity index (χ2n) is 5.88. The highest BCUT2D eigenvalue weighted by atomic mass is 35.5. The maximum atomic E-state index is 13.5. The van der Waals surface area contributed by atoms with Gasteiger partial charge >= 0.3 is 6.09 Å². The summed E-state index contributed by atoms with van der Waals surface area (Å²) in [6.45, 7) is 5.80. The molecule has 0 spiro atoms. The Hall–Kier alpha value is -1.79. The van der Waals surface area contributed by atoms with E-state index in [2.05, 4.69) is 10.6 Å². The average Bonchev–Trinajstić information content (AvgIpc) is 2.82. The summed E-state index contributed by atoms with van der Waals surface area (Å²) in [6.07, 6.45) is -0.591. The van der Waals surface area contributed by atoms with Crippen LogP contribution in [-0.2, 0) is 11.3 Å². The maximum absolute atomic E-state index is 13.5. The molecular formula is C16H18ClFN2O2S. The molecule has 23 heavy (non-hydrogen) atoms. The summed E-state index contributed by atoms with van der Waals surface area (Å²) in [5, 5.41) is 5.72. The van der Waals surface area contributed by atoms with Crippen molar-refractivity contribution in [2.45, 2.75) is 32.9 Å². The number of amides is 1. The lowest BCUT2D eigenvalue weighted by molar-refractivity contribution is 0.0636. The lowest BCUT2D eigenvalue weighted by Crippen LogP contribution is -2.27. The van der Waals surface area contributed by atoms with E-state index in [0.29, 0.717) is 22.3 Å². The van der Waals surface area contributed by atoms with Crippen molar-refractivity contribution in [3.63, 3.8) is 0 Å². The van der Waals surface area contributed by atoms with Gasteiger partial charge in [0.05, 0.1) is 15.7 Å². The minimum Gasteiger partial charge on any atom is -0.444 e. The van der Waals surface area contributed by atoms with E-state index >= 15 is 0 Å². The zero-order chi connectivity index (χ0) is 17.0. The van der Waals surface area contributed by atoms with Crippen LogP contribution in [0.5, 0.6) is 0 Å². The van der Waals surface area contributed by atoms with Crippen molar-refractivity contribution >= 4 is 40.4 Å². The monoisotopic (exact) mass is 356 g/mol. The number of anilines is 2. The molecule has 0 aliphatic carbocycles. The van der Waals surface area contributed by atoms with Gasteiger partial charge in [0.1, 0.15) is 11.4 Å². The van der Waals surface area contributed by atoms with Gasteiger partial charge < -0.3 is 10.1 Å². The maximum Gasteiger partial charge on any atom is 0.412 e. The Morgan fingerprint density at radius 3 is 2.61 bits per heavy atom. The van der Waals surface area contributed by atoms with Gasteiger partial charge in [0.25, 0.3) is 0 Å². The molecule has 7 heteroatoms. The molecule has 1 amide bonds. The molecular weight excluding hydrogens is 339 g/mol. The molecule has 124 valence electrons. The van der Waals surface area contributed by atoms with E-state index in [9.17, 15) is 9.18 Å². The summed E-state index contributed by atoms with van der Waals surface area (Å²) >= 11 is 7.32. The Kier molecular flexibility index (Phi) is 5.49. The fourth-order valence-electron chi connectivity index (χ4n) is 1.81. The van der Waals surface area contributed by atoms with Gasteiger partial charge in [-0.25, -0.2) is 9.18 Å². The predicted molar refractivity (Wildman–Crippen MR) is 92.9 cm³/mol. The Bertz CT molecular complexity index is 698. The molecule has 0 saturated heterocycles. The van der Waals surface area contributed by atoms with Crippen LogP contribution in [0.3, 0.4) is 0 Å². The second kappa shape index (κ2) is 7.19. The molecule has 1 heterocycles. The van der Waals surface area contributed by atoms with Gasteiger partial charge in [-0.1, -0.05) is 11.6 Å². The van der Waals surface area contributed by atoms with Crippen LogP contribution in [0.4, 0.5) is 20.6 Å². The quantitative estimate of drug-likeness (QED) is 0.760. The number of carbonyl (C=O) groups is 1. The average molecular weight is 357 g/mol. The van der Waals surface area contributed by atoms with Crippen molar-refractivity contribution < 1.29 is 13.9 Å². The normalized spacial score (nSPS) is 11.2. The minimum atomic E-state index is -0.606. The number of benzene rings is 1. The number of halogens is 2. The van der Waals surface area contributed by atoms with Crippen LogP contribution in [0.25, 0.3) is 0 Å². The topological polar surface area (TPSA) is 50.4 Å². The van der Waals surface area contributed by atoms with Crippen molar-refractivity contribution in [1.29, 1.82) is 0 Å². The van der Waals surface area contributed by atoms with Crippen LogP contribution in [0, 0.1) is 5.82 Å². The molecule has 2 N–H and O–H groups in total. The molecule has 1 aromatic carbocycles. The molecule has 0 saturated carbocycles. The highest BCUT2D eigenvalue weighted by molar-refractivity contribution is 7.16. The molecule has 0 radical (unpaired) electrons. The number of hydrogen-bond donors (Lipinski definition) is 2. The van der Waals surface area contributed by atoms with E-state index in [4.69, 9.17) is 16.3 Å². The summed E-state index contributed by atoms with van der Waals surface area (Å²) in [5.74, 6) is -0.397. The largest absolute Gasteiger partial charge is 0.444 e. The molecule has 0 bridgehead atoms. The van der Waals surface area contributed by atoms with Crippen molar-refractivity contribution in [2.75, 3.05) is 10.6 Å². The van der Waals surface area contributed by atoms with Crippen molar-refractivity contribution in [2.24, 2.45) is 0 Å². The molecule has 2 rings (SSSR count). The Morgan fingerprint density at radius 2 is 2.00 bits per heavy atom. The summed E-state index contributed by atoms with van der Waals surface area (Å²) in [4.78, 5) is 12.9. The van der Waals surface area contributed by atoms with Crippen LogP contribution in [0.2, 0.25) is 4.34 Å². The van der Waals surface area contributed by atoms with Crippen LogP contribution >= 0.6 is 22.9 Å². The van der Waals surface area contributed by atoms with E-state index < -0.39 is 17.5 Å². The summed E-state index contributed by atoms with van der Waals surface area (Å²) in [7, 11) is 0. The highest BCUT2D eigenvalue weighted by Crippen LogP contribution is 2.26. The number of rotatable bonds is 4.